The van der Waals surface area contributed by atoms with Crippen molar-refractivity contribution in [3.8, 4) is 0 Å². The molecular formula is C15H15N3O6. The number of aromatic nitrogens is 1. The highest BCUT2D eigenvalue weighted by Gasteiger charge is 2.22. The third-order valence-corrected chi connectivity index (χ3v) is 3.18. The second kappa shape index (κ2) is 7.36. The largest absolute Gasteiger partial charge is 0.452 e. The minimum absolute atomic E-state index is 0.0268. The van der Waals surface area contributed by atoms with Gasteiger partial charge in [0, 0.05) is 6.07 Å². The number of ether oxygens (including phenoxy) is 1. The van der Waals surface area contributed by atoms with Crippen molar-refractivity contribution >= 4 is 23.3 Å². The Morgan fingerprint density at radius 1 is 1.38 bits per heavy atom. The number of anilines is 1. The molecule has 0 unspecified atom stereocenters. The Balaban J connectivity index is 2.00. The van der Waals surface area contributed by atoms with E-state index in [4.69, 9.17) is 9.26 Å². The van der Waals surface area contributed by atoms with Crippen molar-refractivity contribution in [1.82, 2.24) is 5.16 Å². The minimum Gasteiger partial charge on any atom is -0.452 e. The molecule has 0 fully saturated rings. The summed E-state index contributed by atoms with van der Waals surface area (Å²) in [5.41, 5.74) is 0.409. The van der Waals surface area contributed by atoms with Crippen molar-refractivity contribution in [3.63, 3.8) is 0 Å². The zero-order chi connectivity index (χ0) is 17.7. The van der Waals surface area contributed by atoms with Crippen LogP contribution in [0.1, 0.15) is 28.7 Å². The molecule has 0 saturated carbocycles. The Morgan fingerprint density at radius 2 is 2.08 bits per heavy atom. The van der Waals surface area contributed by atoms with Crippen LogP contribution in [0.3, 0.4) is 0 Å². The summed E-state index contributed by atoms with van der Waals surface area (Å²) in [5.74, 6) is -1.12. The predicted molar refractivity (Wildman–Crippen MR) is 82.6 cm³/mol. The van der Waals surface area contributed by atoms with Crippen LogP contribution in [0.2, 0.25) is 0 Å². The average Bonchev–Trinajstić information content (AvgIpc) is 2.93. The van der Waals surface area contributed by atoms with E-state index < -0.39 is 23.4 Å². The van der Waals surface area contributed by atoms with Crippen molar-refractivity contribution in [2.24, 2.45) is 0 Å². The van der Waals surface area contributed by atoms with Gasteiger partial charge in [-0.05, 0) is 19.4 Å². The number of para-hydroxylation sites is 2. The molecule has 24 heavy (non-hydrogen) atoms. The number of hydrogen-bond donors (Lipinski definition) is 1. The number of hydrogen-bond acceptors (Lipinski definition) is 7. The number of nitro benzene ring substituents is 1. The van der Waals surface area contributed by atoms with Gasteiger partial charge in [0.15, 0.2) is 6.61 Å². The lowest BCUT2D eigenvalue weighted by Crippen LogP contribution is -2.22. The molecule has 0 radical (unpaired) electrons. The van der Waals surface area contributed by atoms with Gasteiger partial charge in [0.2, 0.25) is 0 Å². The van der Waals surface area contributed by atoms with Gasteiger partial charge in [-0.25, -0.2) is 4.79 Å². The van der Waals surface area contributed by atoms with Crippen LogP contribution in [-0.2, 0) is 16.0 Å². The molecule has 0 aliphatic carbocycles. The van der Waals surface area contributed by atoms with Gasteiger partial charge in [-0.3, -0.25) is 14.9 Å². The third kappa shape index (κ3) is 3.75. The molecule has 1 aromatic heterocycles. The number of nitrogens with one attached hydrogen (secondary N) is 1. The SMILES string of the molecule is CCc1noc(C)c1C(=O)OCC(=O)Nc1ccccc1[N+](=O)[O-]. The fourth-order valence-corrected chi connectivity index (χ4v) is 2.05. The number of rotatable bonds is 6. The monoisotopic (exact) mass is 333 g/mol. The van der Waals surface area contributed by atoms with Crippen LogP contribution in [0.25, 0.3) is 0 Å². The third-order valence-electron chi connectivity index (χ3n) is 3.18. The van der Waals surface area contributed by atoms with E-state index in [1.165, 1.54) is 18.2 Å². The quantitative estimate of drug-likeness (QED) is 0.488. The van der Waals surface area contributed by atoms with Crippen LogP contribution in [0.5, 0.6) is 0 Å². The van der Waals surface area contributed by atoms with Crippen molar-refractivity contribution in [3.05, 3.63) is 51.4 Å². The molecule has 126 valence electrons. The molecule has 0 spiro atoms. The lowest BCUT2D eigenvalue weighted by Gasteiger charge is -2.07. The zero-order valence-electron chi connectivity index (χ0n) is 13.1. The van der Waals surface area contributed by atoms with Gasteiger partial charge in [0.25, 0.3) is 11.6 Å². The Bertz CT molecular complexity index is 783. The van der Waals surface area contributed by atoms with Gasteiger partial charge in [-0.1, -0.05) is 24.2 Å². The number of carbonyl (C=O) groups excluding carboxylic acids is 2. The van der Waals surface area contributed by atoms with Gasteiger partial charge in [-0.2, -0.15) is 0 Å². The topological polar surface area (TPSA) is 125 Å². The number of esters is 1. The molecule has 0 aliphatic heterocycles. The first-order valence-electron chi connectivity index (χ1n) is 7.09. The van der Waals surface area contributed by atoms with E-state index in [1.54, 1.807) is 19.9 Å². The average molecular weight is 333 g/mol. The molecule has 2 aromatic rings. The molecule has 0 atom stereocenters. The number of benzene rings is 1. The maximum atomic E-state index is 12.0. The van der Waals surface area contributed by atoms with Gasteiger partial charge < -0.3 is 14.6 Å². The lowest BCUT2D eigenvalue weighted by atomic mass is 10.1. The van der Waals surface area contributed by atoms with Crippen LogP contribution in [0.15, 0.2) is 28.8 Å². The number of amides is 1. The summed E-state index contributed by atoms with van der Waals surface area (Å²) >= 11 is 0. The van der Waals surface area contributed by atoms with Crippen molar-refractivity contribution < 1.29 is 23.8 Å². The van der Waals surface area contributed by atoms with Gasteiger partial charge in [0.05, 0.1) is 10.6 Å². The molecule has 1 heterocycles. The summed E-state index contributed by atoms with van der Waals surface area (Å²) < 4.78 is 9.85. The van der Waals surface area contributed by atoms with E-state index in [1.807, 2.05) is 0 Å². The number of nitro groups is 1. The fraction of sp³-hybridized carbons (Fsp3) is 0.267. The van der Waals surface area contributed by atoms with Crippen LogP contribution in [-0.4, -0.2) is 28.6 Å². The highest BCUT2D eigenvalue weighted by Crippen LogP contribution is 2.23. The first-order chi connectivity index (χ1) is 11.4. The fourth-order valence-electron chi connectivity index (χ4n) is 2.05. The van der Waals surface area contributed by atoms with Gasteiger partial charge >= 0.3 is 5.97 Å². The molecule has 1 aromatic carbocycles. The normalized spacial score (nSPS) is 10.2. The van der Waals surface area contributed by atoms with Crippen LogP contribution in [0.4, 0.5) is 11.4 Å². The first-order valence-corrected chi connectivity index (χ1v) is 7.09. The van der Waals surface area contributed by atoms with E-state index in [0.717, 1.165) is 0 Å². The Kier molecular flexibility index (Phi) is 5.25. The van der Waals surface area contributed by atoms with Crippen molar-refractivity contribution in [2.45, 2.75) is 20.3 Å². The highest BCUT2D eigenvalue weighted by atomic mass is 16.6. The summed E-state index contributed by atoms with van der Waals surface area (Å²) in [5, 5.41) is 17.0. The Labute approximate surface area is 136 Å². The van der Waals surface area contributed by atoms with Crippen LogP contribution >= 0.6 is 0 Å². The maximum Gasteiger partial charge on any atom is 0.344 e. The van der Waals surface area contributed by atoms with E-state index >= 15 is 0 Å². The number of carbonyl (C=O) groups is 2. The summed E-state index contributed by atoms with van der Waals surface area (Å²) in [4.78, 5) is 34.1. The summed E-state index contributed by atoms with van der Waals surface area (Å²) in [6, 6.07) is 5.67. The highest BCUT2D eigenvalue weighted by molar-refractivity contribution is 5.97. The molecule has 9 nitrogen and oxygen atoms in total. The van der Waals surface area contributed by atoms with Crippen molar-refractivity contribution in [1.29, 1.82) is 0 Å². The summed E-state index contributed by atoms with van der Waals surface area (Å²) in [7, 11) is 0. The minimum atomic E-state index is -0.733. The molecular weight excluding hydrogens is 318 g/mol. The van der Waals surface area contributed by atoms with E-state index in [2.05, 4.69) is 10.5 Å². The molecule has 0 bridgehead atoms. The Hall–Kier alpha value is -3.23. The lowest BCUT2D eigenvalue weighted by molar-refractivity contribution is -0.383. The van der Waals surface area contributed by atoms with Gasteiger partial charge in [-0.15, -0.1) is 0 Å². The molecule has 1 N–H and O–H groups in total. The van der Waals surface area contributed by atoms with Crippen molar-refractivity contribution in [2.75, 3.05) is 11.9 Å². The number of nitrogens with zero attached hydrogens (tertiary/aromatic N) is 2. The maximum absolute atomic E-state index is 12.0. The molecule has 1 amide bonds. The number of aryl methyl sites for hydroxylation is 2. The first kappa shape index (κ1) is 17.1. The zero-order valence-corrected chi connectivity index (χ0v) is 13.1. The standard InChI is InChI=1S/C15H15N3O6/c1-3-10-14(9(2)24-17-10)15(20)23-8-13(19)16-11-6-4-5-7-12(11)18(21)22/h4-7H,3,8H2,1-2H3,(H,16,19). The van der Waals surface area contributed by atoms with Crippen LogP contribution in [0, 0.1) is 17.0 Å². The second-order valence-corrected chi connectivity index (χ2v) is 4.81. The smallest absolute Gasteiger partial charge is 0.344 e. The van der Waals surface area contributed by atoms with E-state index in [-0.39, 0.29) is 16.9 Å². The Morgan fingerprint density at radius 3 is 2.75 bits per heavy atom. The molecule has 0 aliphatic rings. The van der Waals surface area contributed by atoms with Crippen LogP contribution < -0.4 is 5.32 Å². The predicted octanol–water partition coefficient (Wildman–Crippen LogP) is 2.25. The summed E-state index contributed by atoms with van der Waals surface area (Å²) in [6.07, 6.45) is 0.476. The molecule has 9 heteroatoms. The molecule has 2 rings (SSSR count). The molecule has 0 saturated heterocycles. The van der Waals surface area contributed by atoms with E-state index in [9.17, 15) is 19.7 Å². The van der Waals surface area contributed by atoms with Gasteiger partial charge in [0.1, 0.15) is 17.0 Å². The van der Waals surface area contributed by atoms with E-state index in [0.29, 0.717) is 17.9 Å². The second-order valence-electron chi connectivity index (χ2n) is 4.81. The summed E-state index contributed by atoms with van der Waals surface area (Å²) in [6.45, 7) is 2.78.